The van der Waals surface area contributed by atoms with E-state index in [-0.39, 0.29) is 0 Å². The smallest absolute Gasteiger partial charge is 0.0647 e. The molecule has 1 fully saturated rings. The van der Waals surface area contributed by atoms with E-state index in [0.717, 1.165) is 16.5 Å². The number of halogens is 1. The number of H-pyrrole nitrogens is 1. The van der Waals surface area contributed by atoms with Crippen LogP contribution >= 0.6 is 11.6 Å². The van der Waals surface area contributed by atoms with E-state index in [2.05, 4.69) is 24.2 Å². The van der Waals surface area contributed by atoms with E-state index in [0.29, 0.717) is 5.92 Å². The molecule has 1 aromatic heterocycles. The highest BCUT2D eigenvalue weighted by Crippen LogP contribution is 2.42. The number of fused-ring (bicyclic) bond motifs is 1. The van der Waals surface area contributed by atoms with Crippen molar-refractivity contribution in [3.63, 3.8) is 0 Å². The van der Waals surface area contributed by atoms with Crippen molar-refractivity contribution in [2.75, 3.05) is 0 Å². The maximum atomic E-state index is 6.18. The summed E-state index contributed by atoms with van der Waals surface area (Å²) >= 11 is 6.18. The lowest BCUT2D eigenvalue weighted by atomic mass is 9.90. The van der Waals surface area contributed by atoms with Gasteiger partial charge in [-0.15, -0.1) is 0 Å². The summed E-state index contributed by atoms with van der Waals surface area (Å²) in [5, 5.41) is 2.14. The number of nitrogens with one attached hydrogen (secondary N) is 1. The van der Waals surface area contributed by atoms with Crippen LogP contribution in [0, 0.1) is 5.92 Å². The number of para-hydroxylation sites is 1. The molecular formula is C14H16ClN. The van der Waals surface area contributed by atoms with Crippen LogP contribution < -0.4 is 0 Å². The number of aromatic amines is 1. The van der Waals surface area contributed by atoms with Gasteiger partial charge in [0.15, 0.2) is 0 Å². The van der Waals surface area contributed by atoms with Gasteiger partial charge in [0.2, 0.25) is 0 Å². The van der Waals surface area contributed by atoms with E-state index >= 15 is 0 Å². The quantitative estimate of drug-likeness (QED) is 0.733. The molecule has 2 aromatic rings. The van der Waals surface area contributed by atoms with Crippen molar-refractivity contribution in [2.45, 2.75) is 32.1 Å². The third kappa shape index (κ3) is 1.46. The van der Waals surface area contributed by atoms with E-state index in [1.54, 1.807) is 0 Å². The molecule has 1 nitrogen and oxygen atoms in total. The molecule has 1 heterocycles. The zero-order valence-electron chi connectivity index (χ0n) is 9.46. The monoisotopic (exact) mass is 233 g/mol. The Morgan fingerprint density at radius 3 is 2.94 bits per heavy atom. The Morgan fingerprint density at radius 2 is 2.19 bits per heavy atom. The SMILES string of the molecule is CC1CCCC1c1c[nH]c2c(Cl)cccc12. The van der Waals surface area contributed by atoms with E-state index in [4.69, 9.17) is 11.6 Å². The third-order valence-corrected chi connectivity index (χ3v) is 4.27. The van der Waals surface area contributed by atoms with Crippen LogP contribution in [0.15, 0.2) is 24.4 Å². The van der Waals surface area contributed by atoms with E-state index in [1.165, 1.54) is 30.2 Å². The zero-order chi connectivity index (χ0) is 11.1. The highest BCUT2D eigenvalue weighted by Gasteiger charge is 2.26. The van der Waals surface area contributed by atoms with Crippen LogP contribution in [0.3, 0.4) is 0 Å². The fraction of sp³-hybridized carbons (Fsp3) is 0.429. The van der Waals surface area contributed by atoms with Gasteiger partial charge in [0, 0.05) is 11.6 Å². The van der Waals surface area contributed by atoms with Crippen molar-refractivity contribution < 1.29 is 0 Å². The number of hydrogen-bond donors (Lipinski definition) is 1. The second-order valence-corrected chi connectivity index (χ2v) is 5.33. The summed E-state index contributed by atoms with van der Waals surface area (Å²) in [7, 11) is 0. The van der Waals surface area contributed by atoms with Crippen molar-refractivity contribution in [1.82, 2.24) is 4.98 Å². The van der Waals surface area contributed by atoms with Crippen LogP contribution in [-0.4, -0.2) is 4.98 Å². The Hall–Kier alpha value is -0.950. The summed E-state index contributed by atoms with van der Waals surface area (Å²) in [6, 6.07) is 6.17. The number of hydrogen-bond acceptors (Lipinski definition) is 0. The fourth-order valence-corrected chi connectivity index (χ4v) is 3.28. The Labute approximate surface area is 101 Å². The van der Waals surface area contributed by atoms with Gasteiger partial charge in [-0.3, -0.25) is 0 Å². The van der Waals surface area contributed by atoms with Crippen LogP contribution in [0.2, 0.25) is 5.02 Å². The Balaban J connectivity index is 2.14. The molecule has 84 valence electrons. The largest absolute Gasteiger partial charge is 0.360 e. The molecule has 2 unspecified atom stereocenters. The molecular weight excluding hydrogens is 218 g/mol. The number of benzene rings is 1. The Bertz CT molecular complexity index is 514. The summed E-state index contributed by atoms with van der Waals surface area (Å²) in [5.41, 5.74) is 2.56. The molecule has 3 rings (SSSR count). The second-order valence-electron chi connectivity index (χ2n) is 4.92. The van der Waals surface area contributed by atoms with Gasteiger partial charge < -0.3 is 4.98 Å². The first-order valence-electron chi connectivity index (χ1n) is 6.03. The second kappa shape index (κ2) is 3.81. The first kappa shape index (κ1) is 10.2. The summed E-state index contributed by atoms with van der Waals surface area (Å²) in [5.74, 6) is 1.52. The van der Waals surface area contributed by atoms with Crippen molar-refractivity contribution in [3.8, 4) is 0 Å². The lowest BCUT2D eigenvalue weighted by molar-refractivity contribution is 0.536. The number of rotatable bonds is 1. The molecule has 1 aromatic carbocycles. The topological polar surface area (TPSA) is 15.8 Å². The average Bonchev–Trinajstić information content (AvgIpc) is 2.84. The molecule has 0 amide bonds. The summed E-state index contributed by atoms with van der Waals surface area (Å²) in [6.45, 7) is 2.36. The first-order chi connectivity index (χ1) is 7.77. The van der Waals surface area contributed by atoms with E-state index in [1.807, 2.05) is 12.1 Å². The molecule has 1 aliphatic rings. The average molecular weight is 234 g/mol. The van der Waals surface area contributed by atoms with Crippen molar-refractivity contribution in [1.29, 1.82) is 0 Å². The van der Waals surface area contributed by atoms with Crippen LogP contribution in [0.25, 0.3) is 10.9 Å². The Kier molecular flexibility index (Phi) is 2.44. The molecule has 0 spiro atoms. The van der Waals surface area contributed by atoms with E-state index in [9.17, 15) is 0 Å². The maximum absolute atomic E-state index is 6.18. The van der Waals surface area contributed by atoms with Gasteiger partial charge in [-0.05, 0) is 29.9 Å². The highest BCUT2D eigenvalue weighted by atomic mass is 35.5. The summed E-state index contributed by atoms with van der Waals surface area (Å²) < 4.78 is 0. The van der Waals surface area contributed by atoms with Crippen molar-refractivity contribution >= 4 is 22.5 Å². The molecule has 0 saturated heterocycles. The predicted octanol–water partition coefficient (Wildman–Crippen LogP) is 4.72. The third-order valence-electron chi connectivity index (χ3n) is 3.96. The van der Waals surface area contributed by atoms with Crippen LogP contribution in [0.1, 0.15) is 37.7 Å². The first-order valence-corrected chi connectivity index (χ1v) is 6.40. The van der Waals surface area contributed by atoms with Gasteiger partial charge in [-0.2, -0.15) is 0 Å². The van der Waals surface area contributed by atoms with Crippen LogP contribution in [0.4, 0.5) is 0 Å². The van der Waals surface area contributed by atoms with Gasteiger partial charge in [0.1, 0.15) is 0 Å². The van der Waals surface area contributed by atoms with Crippen molar-refractivity contribution in [2.24, 2.45) is 5.92 Å². The van der Waals surface area contributed by atoms with E-state index < -0.39 is 0 Å². The van der Waals surface area contributed by atoms with Gasteiger partial charge in [0.05, 0.1) is 10.5 Å². The van der Waals surface area contributed by atoms with Gasteiger partial charge in [-0.1, -0.05) is 43.5 Å². The minimum atomic E-state index is 0.715. The maximum Gasteiger partial charge on any atom is 0.0647 e. The fourth-order valence-electron chi connectivity index (χ4n) is 3.05. The minimum absolute atomic E-state index is 0.715. The molecule has 1 N–H and O–H groups in total. The summed E-state index contributed by atoms with van der Waals surface area (Å²) in [6.07, 6.45) is 6.20. The molecule has 1 aliphatic carbocycles. The molecule has 1 saturated carbocycles. The minimum Gasteiger partial charge on any atom is -0.360 e. The van der Waals surface area contributed by atoms with Gasteiger partial charge >= 0.3 is 0 Å². The van der Waals surface area contributed by atoms with Gasteiger partial charge in [-0.25, -0.2) is 0 Å². The predicted molar refractivity (Wildman–Crippen MR) is 69.1 cm³/mol. The Morgan fingerprint density at radius 1 is 1.31 bits per heavy atom. The van der Waals surface area contributed by atoms with Crippen LogP contribution in [0.5, 0.6) is 0 Å². The summed E-state index contributed by atoms with van der Waals surface area (Å²) in [4.78, 5) is 3.32. The standard InChI is InChI=1S/C14H16ClN/c1-9-4-2-5-10(9)12-8-16-14-11(12)6-3-7-13(14)15/h3,6-10,16H,2,4-5H2,1H3. The van der Waals surface area contributed by atoms with Crippen molar-refractivity contribution in [3.05, 3.63) is 35.0 Å². The molecule has 0 radical (unpaired) electrons. The van der Waals surface area contributed by atoms with Gasteiger partial charge in [0.25, 0.3) is 0 Å². The molecule has 0 bridgehead atoms. The lowest BCUT2D eigenvalue weighted by Crippen LogP contribution is -2.00. The van der Waals surface area contributed by atoms with Crippen LogP contribution in [-0.2, 0) is 0 Å². The lowest BCUT2D eigenvalue weighted by Gasteiger charge is -2.14. The number of aromatic nitrogens is 1. The zero-order valence-corrected chi connectivity index (χ0v) is 10.2. The highest BCUT2D eigenvalue weighted by molar-refractivity contribution is 6.35. The molecule has 2 atom stereocenters. The molecule has 0 aliphatic heterocycles. The molecule has 2 heteroatoms. The molecule has 16 heavy (non-hydrogen) atoms. The normalized spacial score (nSPS) is 25.4.